The van der Waals surface area contributed by atoms with Gasteiger partial charge in [-0.2, -0.15) is 0 Å². The highest BCUT2D eigenvalue weighted by Crippen LogP contribution is 2.31. The Morgan fingerprint density at radius 1 is 1.14 bits per heavy atom. The standard InChI is InChI=1S/C18H21ClFN/c1-4-10-21-18(14-9-8-12(2)13(3)11-14)15-6-5-7-16(20)17(15)19/h5-9,11,18,21H,4,10H2,1-3H3. The molecule has 0 saturated heterocycles. The minimum atomic E-state index is -0.374. The van der Waals surface area contributed by atoms with Crippen LogP contribution in [0.25, 0.3) is 0 Å². The van der Waals surface area contributed by atoms with Crippen LogP contribution < -0.4 is 5.32 Å². The van der Waals surface area contributed by atoms with E-state index in [4.69, 9.17) is 11.6 Å². The first-order chi connectivity index (χ1) is 10.0. The summed E-state index contributed by atoms with van der Waals surface area (Å²) in [5.74, 6) is -0.374. The van der Waals surface area contributed by atoms with E-state index in [1.807, 2.05) is 6.07 Å². The highest BCUT2D eigenvalue weighted by atomic mass is 35.5. The third kappa shape index (κ3) is 3.63. The van der Waals surface area contributed by atoms with E-state index >= 15 is 0 Å². The monoisotopic (exact) mass is 305 g/mol. The second kappa shape index (κ2) is 7.06. The average molecular weight is 306 g/mol. The number of benzene rings is 2. The van der Waals surface area contributed by atoms with E-state index in [1.54, 1.807) is 6.07 Å². The van der Waals surface area contributed by atoms with Gasteiger partial charge in [0, 0.05) is 0 Å². The summed E-state index contributed by atoms with van der Waals surface area (Å²) >= 11 is 6.17. The Morgan fingerprint density at radius 2 is 1.90 bits per heavy atom. The average Bonchev–Trinajstić information content (AvgIpc) is 2.47. The molecule has 0 aliphatic rings. The third-order valence-electron chi connectivity index (χ3n) is 3.76. The molecule has 112 valence electrons. The molecule has 21 heavy (non-hydrogen) atoms. The molecule has 1 nitrogen and oxygen atoms in total. The minimum Gasteiger partial charge on any atom is -0.306 e. The van der Waals surface area contributed by atoms with Crippen molar-refractivity contribution >= 4 is 11.6 Å². The Kier molecular flexibility index (Phi) is 5.38. The van der Waals surface area contributed by atoms with Crippen molar-refractivity contribution in [1.82, 2.24) is 5.32 Å². The molecule has 2 aromatic rings. The van der Waals surface area contributed by atoms with Crippen molar-refractivity contribution in [3.63, 3.8) is 0 Å². The van der Waals surface area contributed by atoms with Crippen LogP contribution in [0.1, 0.15) is 41.6 Å². The zero-order chi connectivity index (χ0) is 15.4. The summed E-state index contributed by atoms with van der Waals surface area (Å²) in [5.41, 5.74) is 4.37. The first-order valence-corrected chi connectivity index (χ1v) is 7.66. The number of halogens is 2. The van der Waals surface area contributed by atoms with E-state index in [0.717, 1.165) is 24.1 Å². The number of aryl methyl sites for hydroxylation is 2. The van der Waals surface area contributed by atoms with Crippen molar-refractivity contribution in [2.75, 3.05) is 6.54 Å². The molecule has 2 aromatic carbocycles. The molecule has 1 unspecified atom stereocenters. The second-order valence-corrected chi connectivity index (χ2v) is 5.75. The largest absolute Gasteiger partial charge is 0.306 e. The van der Waals surface area contributed by atoms with Crippen molar-refractivity contribution in [1.29, 1.82) is 0 Å². The fraction of sp³-hybridized carbons (Fsp3) is 0.333. The van der Waals surface area contributed by atoms with Crippen LogP contribution in [-0.2, 0) is 0 Å². The van der Waals surface area contributed by atoms with E-state index in [2.05, 4.69) is 44.3 Å². The third-order valence-corrected chi connectivity index (χ3v) is 4.15. The van der Waals surface area contributed by atoms with Crippen LogP contribution in [0.15, 0.2) is 36.4 Å². The SMILES string of the molecule is CCCNC(c1ccc(C)c(C)c1)c1cccc(F)c1Cl. The van der Waals surface area contributed by atoms with Crippen molar-refractivity contribution in [2.45, 2.75) is 33.2 Å². The summed E-state index contributed by atoms with van der Waals surface area (Å²) < 4.78 is 13.8. The molecule has 0 heterocycles. The van der Waals surface area contributed by atoms with Gasteiger partial charge in [0.1, 0.15) is 5.82 Å². The molecule has 0 amide bonds. The molecule has 0 aromatic heterocycles. The highest BCUT2D eigenvalue weighted by Gasteiger charge is 2.18. The molecular formula is C18H21ClFN. The molecule has 0 spiro atoms. The zero-order valence-corrected chi connectivity index (χ0v) is 13.5. The summed E-state index contributed by atoms with van der Waals surface area (Å²) in [5, 5.41) is 3.66. The molecule has 0 aliphatic heterocycles. The van der Waals surface area contributed by atoms with Gasteiger partial charge < -0.3 is 5.32 Å². The number of hydrogen-bond donors (Lipinski definition) is 1. The second-order valence-electron chi connectivity index (χ2n) is 5.37. The molecule has 0 radical (unpaired) electrons. The molecule has 0 aliphatic carbocycles. The summed E-state index contributed by atoms with van der Waals surface area (Å²) in [4.78, 5) is 0. The molecule has 0 fully saturated rings. The van der Waals surface area contributed by atoms with Gasteiger partial charge in [-0.1, -0.05) is 48.9 Å². The van der Waals surface area contributed by atoms with Gasteiger partial charge in [-0.25, -0.2) is 4.39 Å². The van der Waals surface area contributed by atoms with Crippen LogP contribution in [0, 0.1) is 19.7 Å². The molecule has 1 N–H and O–H groups in total. The number of hydrogen-bond acceptors (Lipinski definition) is 1. The van der Waals surface area contributed by atoms with Gasteiger partial charge in [0.2, 0.25) is 0 Å². The fourth-order valence-corrected chi connectivity index (χ4v) is 2.62. The highest BCUT2D eigenvalue weighted by molar-refractivity contribution is 6.31. The first kappa shape index (κ1) is 16.0. The number of nitrogens with one attached hydrogen (secondary N) is 1. The van der Waals surface area contributed by atoms with E-state index in [1.165, 1.54) is 17.2 Å². The summed E-state index contributed by atoms with van der Waals surface area (Å²) in [6.45, 7) is 7.13. The van der Waals surface area contributed by atoms with Crippen LogP contribution in [0.4, 0.5) is 4.39 Å². The van der Waals surface area contributed by atoms with E-state index in [-0.39, 0.29) is 16.9 Å². The molecule has 0 saturated carbocycles. The van der Waals surface area contributed by atoms with Crippen LogP contribution in [0.2, 0.25) is 5.02 Å². The predicted molar refractivity (Wildman–Crippen MR) is 87.5 cm³/mol. The lowest BCUT2D eigenvalue weighted by Gasteiger charge is -2.22. The van der Waals surface area contributed by atoms with Gasteiger partial charge in [-0.15, -0.1) is 0 Å². The molecular weight excluding hydrogens is 285 g/mol. The van der Waals surface area contributed by atoms with Gasteiger partial charge in [0.15, 0.2) is 0 Å². The minimum absolute atomic E-state index is 0.0903. The first-order valence-electron chi connectivity index (χ1n) is 7.29. The molecule has 1 atom stereocenters. The van der Waals surface area contributed by atoms with E-state index < -0.39 is 0 Å². The Balaban J connectivity index is 2.47. The predicted octanol–water partition coefficient (Wildman–Crippen LogP) is 5.18. The van der Waals surface area contributed by atoms with Crippen molar-refractivity contribution in [3.8, 4) is 0 Å². The van der Waals surface area contributed by atoms with Gasteiger partial charge in [-0.3, -0.25) is 0 Å². The van der Waals surface area contributed by atoms with Gasteiger partial charge in [-0.05, 0) is 55.1 Å². The van der Waals surface area contributed by atoms with Crippen LogP contribution in [-0.4, -0.2) is 6.54 Å². The Hall–Kier alpha value is -1.38. The fourth-order valence-electron chi connectivity index (χ4n) is 2.38. The molecule has 0 bridgehead atoms. The van der Waals surface area contributed by atoms with Crippen molar-refractivity contribution < 1.29 is 4.39 Å². The van der Waals surface area contributed by atoms with Gasteiger partial charge in [0.25, 0.3) is 0 Å². The topological polar surface area (TPSA) is 12.0 Å². The Morgan fingerprint density at radius 3 is 2.57 bits per heavy atom. The lowest BCUT2D eigenvalue weighted by atomic mass is 9.95. The summed E-state index contributed by atoms with van der Waals surface area (Å²) in [7, 11) is 0. The smallest absolute Gasteiger partial charge is 0.142 e. The van der Waals surface area contributed by atoms with Crippen LogP contribution in [0.5, 0.6) is 0 Å². The van der Waals surface area contributed by atoms with Crippen LogP contribution in [0.3, 0.4) is 0 Å². The maximum Gasteiger partial charge on any atom is 0.142 e. The maximum atomic E-state index is 13.8. The maximum absolute atomic E-state index is 13.8. The van der Waals surface area contributed by atoms with Crippen molar-refractivity contribution in [3.05, 3.63) is 69.5 Å². The Bertz CT molecular complexity index is 625. The summed E-state index contributed by atoms with van der Waals surface area (Å²) in [6.07, 6.45) is 1.01. The number of rotatable bonds is 5. The normalized spacial score (nSPS) is 12.4. The van der Waals surface area contributed by atoms with E-state index in [0.29, 0.717) is 0 Å². The lowest BCUT2D eigenvalue weighted by Crippen LogP contribution is -2.23. The Labute approximate surface area is 131 Å². The summed E-state index contributed by atoms with van der Waals surface area (Å²) in [6, 6.07) is 11.2. The molecule has 3 heteroatoms. The van der Waals surface area contributed by atoms with Gasteiger partial charge >= 0.3 is 0 Å². The quantitative estimate of drug-likeness (QED) is 0.802. The molecule has 2 rings (SSSR count). The lowest BCUT2D eigenvalue weighted by molar-refractivity contribution is 0.585. The van der Waals surface area contributed by atoms with Crippen molar-refractivity contribution in [2.24, 2.45) is 0 Å². The van der Waals surface area contributed by atoms with Crippen LogP contribution >= 0.6 is 11.6 Å². The van der Waals surface area contributed by atoms with E-state index in [9.17, 15) is 4.39 Å². The zero-order valence-electron chi connectivity index (χ0n) is 12.7. The van der Waals surface area contributed by atoms with Gasteiger partial charge in [0.05, 0.1) is 11.1 Å².